The Kier molecular flexibility index (Phi) is 9.78. The van der Waals surface area contributed by atoms with Gasteiger partial charge in [0.25, 0.3) is 5.91 Å². The molecule has 11 heteroatoms. The number of nitrogens with zero attached hydrogens (tertiary/aromatic N) is 2. The molecule has 0 spiro atoms. The molecule has 0 aliphatic carbocycles. The van der Waals surface area contributed by atoms with Crippen LogP contribution in [0.4, 0.5) is 5.69 Å². The van der Waals surface area contributed by atoms with E-state index in [2.05, 4.69) is 17.4 Å². The van der Waals surface area contributed by atoms with Gasteiger partial charge in [-0.2, -0.15) is 4.31 Å². The quantitative estimate of drug-likeness (QED) is 0.136. The fraction of sp³-hybridized carbons (Fsp3) is 0.212. The smallest absolute Gasteiger partial charge is 0.277 e. The third-order valence-corrected chi connectivity index (χ3v) is 8.63. The fourth-order valence-electron chi connectivity index (χ4n) is 4.36. The lowest BCUT2D eigenvalue weighted by Gasteiger charge is -2.22. The zero-order chi connectivity index (χ0) is 30.9. The van der Waals surface area contributed by atoms with Crippen LogP contribution in [0.5, 0.6) is 11.5 Å². The van der Waals surface area contributed by atoms with Crippen molar-refractivity contribution in [1.29, 1.82) is 0 Å². The molecule has 0 fully saturated rings. The molecular formula is C33H33N3O7S. The maximum atomic E-state index is 13.7. The highest BCUT2D eigenvalue weighted by molar-refractivity contribution is 7.89. The fourth-order valence-corrected chi connectivity index (χ4v) is 5.75. The second-order valence-electron chi connectivity index (χ2n) is 9.98. The molecular weight excluding hydrogens is 582 g/mol. The van der Waals surface area contributed by atoms with E-state index in [1.165, 1.54) is 34.8 Å². The number of hydrogen-bond acceptors (Lipinski definition) is 8. The van der Waals surface area contributed by atoms with Crippen molar-refractivity contribution in [3.05, 3.63) is 114 Å². The Morgan fingerprint density at radius 2 is 1.66 bits per heavy atom. The summed E-state index contributed by atoms with van der Waals surface area (Å²) < 4.78 is 50.5. The summed E-state index contributed by atoms with van der Waals surface area (Å²) in [7, 11) is -2.36. The average molecular weight is 616 g/mol. The first-order valence-corrected chi connectivity index (χ1v) is 15.6. The number of anilines is 1. The lowest BCUT2D eigenvalue weighted by atomic mass is 10.1. The van der Waals surface area contributed by atoms with Gasteiger partial charge in [0.15, 0.2) is 11.5 Å². The number of unbranched alkanes of at least 4 members (excludes halogenated alkanes) is 1. The molecule has 0 aliphatic rings. The Morgan fingerprint density at radius 3 is 2.32 bits per heavy atom. The van der Waals surface area contributed by atoms with E-state index in [0.717, 1.165) is 29.7 Å². The number of aromatic nitrogens is 1. The molecule has 0 bridgehead atoms. The van der Waals surface area contributed by atoms with Crippen LogP contribution in [0, 0.1) is 0 Å². The summed E-state index contributed by atoms with van der Waals surface area (Å²) >= 11 is 0. The Morgan fingerprint density at radius 1 is 0.932 bits per heavy atom. The van der Waals surface area contributed by atoms with Gasteiger partial charge in [0.1, 0.15) is 17.3 Å². The van der Waals surface area contributed by atoms with Crippen LogP contribution in [0.15, 0.2) is 111 Å². The normalized spacial score (nSPS) is 11.4. The predicted octanol–water partition coefficient (Wildman–Crippen LogP) is 6.77. The Labute approximate surface area is 256 Å². The van der Waals surface area contributed by atoms with E-state index in [4.69, 9.17) is 18.4 Å². The molecule has 5 aromatic rings. The number of rotatable bonds is 14. The van der Waals surface area contributed by atoms with E-state index in [0.29, 0.717) is 29.6 Å². The van der Waals surface area contributed by atoms with E-state index in [9.17, 15) is 13.2 Å². The average Bonchev–Trinajstić information content (AvgIpc) is 3.75. The van der Waals surface area contributed by atoms with Crippen LogP contribution < -0.4 is 14.8 Å². The molecule has 5 rings (SSSR count). The van der Waals surface area contributed by atoms with E-state index in [1.54, 1.807) is 37.4 Å². The highest BCUT2D eigenvalue weighted by Crippen LogP contribution is 2.26. The van der Waals surface area contributed by atoms with E-state index < -0.39 is 15.9 Å². The number of carbonyl (C=O) groups is 1. The first-order valence-electron chi connectivity index (χ1n) is 14.1. The number of methoxy groups -OCH3 is 1. The van der Waals surface area contributed by atoms with Gasteiger partial charge in [-0.1, -0.05) is 30.6 Å². The molecule has 2 heterocycles. The van der Waals surface area contributed by atoms with Crippen molar-refractivity contribution in [2.45, 2.75) is 37.8 Å². The molecule has 1 amide bonds. The molecule has 44 heavy (non-hydrogen) atoms. The van der Waals surface area contributed by atoms with Crippen molar-refractivity contribution >= 4 is 21.6 Å². The summed E-state index contributed by atoms with van der Waals surface area (Å²) in [6.07, 6.45) is 3.54. The number of hydrogen-bond donors (Lipinski definition) is 1. The number of nitrogens with one attached hydrogen (secondary N) is 1. The third kappa shape index (κ3) is 7.55. The standard InChI is InChI=1S/C33H33N3O7S/c1-3-4-19-41-28-15-9-25(10-16-28)32-21-31(35-43-32)33(37)34-26-11-17-30(18-12-26)44(38,39)36(23-29-6-5-20-42-29)22-24-7-13-27(40-2)14-8-24/h5-18,20-21H,3-4,19,22-23H2,1-2H3,(H,34,37). The number of sulfonamides is 1. The summed E-state index contributed by atoms with van der Waals surface area (Å²) in [6, 6.07) is 25.5. The summed E-state index contributed by atoms with van der Waals surface area (Å²) in [6.45, 7) is 2.92. The molecule has 0 unspecified atom stereocenters. The summed E-state index contributed by atoms with van der Waals surface area (Å²) in [5.41, 5.74) is 2.03. The maximum Gasteiger partial charge on any atom is 0.277 e. The zero-order valence-electron chi connectivity index (χ0n) is 24.4. The molecule has 0 saturated carbocycles. The van der Waals surface area contributed by atoms with Crippen molar-refractivity contribution in [3.8, 4) is 22.8 Å². The molecule has 0 saturated heterocycles. The van der Waals surface area contributed by atoms with Gasteiger partial charge >= 0.3 is 0 Å². The minimum Gasteiger partial charge on any atom is -0.497 e. The minimum absolute atomic E-state index is 0.0446. The van der Waals surface area contributed by atoms with Crippen LogP contribution in [0.25, 0.3) is 11.3 Å². The monoisotopic (exact) mass is 615 g/mol. The van der Waals surface area contributed by atoms with E-state index in [1.807, 2.05) is 36.4 Å². The molecule has 10 nitrogen and oxygen atoms in total. The Hall–Kier alpha value is -4.87. The second-order valence-corrected chi connectivity index (χ2v) is 11.9. The van der Waals surface area contributed by atoms with Crippen molar-refractivity contribution in [2.75, 3.05) is 19.0 Å². The topological polar surface area (TPSA) is 124 Å². The lowest BCUT2D eigenvalue weighted by Crippen LogP contribution is -2.30. The predicted molar refractivity (Wildman–Crippen MR) is 165 cm³/mol. The number of furan rings is 1. The van der Waals surface area contributed by atoms with Crippen molar-refractivity contribution in [1.82, 2.24) is 9.46 Å². The first kappa shape index (κ1) is 30.6. The number of benzene rings is 3. The van der Waals surface area contributed by atoms with Gasteiger partial charge in [-0.25, -0.2) is 8.42 Å². The number of amides is 1. The third-order valence-electron chi connectivity index (χ3n) is 6.83. The van der Waals surface area contributed by atoms with Crippen LogP contribution in [0.1, 0.15) is 41.6 Å². The van der Waals surface area contributed by atoms with Gasteiger partial charge in [0.2, 0.25) is 10.0 Å². The first-order chi connectivity index (χ1) is 21.4. The minimum atomic E-state index is -3.93. The van der Waals surface area contributed by atoms with Gasteiger partial charge < -0.3 is 23.7 Å². The maximum absolute atomic E-state index is 13.7. The van der Waals surface area contributed by atoms with E-state index >= 15 is 0 Å². The van der Waals surface area contributed by atoms with Gasteiger partial charge in [0.05, 0.1) is 31.4 Å². The van der Waals surface area contributed by atoms with Crippen molar-refractivity contribution in [3.63, 3.8) is 0 Å². The van der Waals surface area contributed by atoms with Crippen LogP contribution in [-0.4, -0.2) is 37.5 Å². The summed E-state index contributed by atoms with van der Waals surface area (Å²) in [4.78, 5) is 12.9. The SMILES string of the molecule is CCCCOc1ccc(-c2cc(C(=O)Nc3ccc(S(=O)(=O)N(Cc4ccc(OC)cc4)Cc4ccco4)cc3)no2)cc1. The molecule has 0 radical (unpaired) electrons. The van der Waals surface area contributed by atoms with Crippen LogP contribution >= 0.6 is 0 Å². The van der Waals surface area contributed by atoms with Gasteiger partial charge in [-0.05, 0) is 84.8 Å². The van der Waals surface area contributed by atoms with Crippen molar-refractivity contribution < 1.29 is 31.6 Å². The molecule has 3 aromatic carbocycles. The largest absolute Gasteiger partial charge is 0.497 e. The molecule has 228 valence electrons. The number of carbonyl (C=O) groups excluding carboxylic acids is 1. The lowest BCUT2D eigenvalue weighted by molar-refractivity contribution is 0.101. The number of ether oxygens (including phenoxy) is 2. The highest BCUT2D eigenvalue weighted by atomic mass is 32.2. The highest BCUT2D eigenvalue weighted by Gasteiger charge is 2.26. The van der Waals surface area contributed by atoms with Crippen molar-refractivity contribution in [2.24, 2.45) is 0 Å². The second kappa shape index (κ2) is 14.1. The van der Waals surface area contributed by atoms with E-state index in [-0.39, 0.29) is 23.7 Å². The van der Waals surface area contributed by atoms with Gasteiger partial charge in [-0.15, -0.1) is 0 Å². The zero-order valence-corrected chi connectivity index (χ0v) is 25.3. The molecule has 0 atom stereocenters. The Balaban J connectivity index is 1.26. The van der Waals surface area contributed by atoms with Crippen LogP contribution in [0.3, 0.4) is 0 Å². The van der Waals surface area contributed by atoms with Crippen LogP contribution in [0.2, 0.25) is 0 Å². The molecule has 2 aromatic heterocycles. The molecule has 0 aliphatic heterocycles. The summed E-state index contributed by atoms with van der Waals surface area (Å²) in [5, 5.41) is 6.64. The van der Waals surface area contributed by atoms with Crippen LogP contribution in [-0.2, 0) is 23.1 Å². The molecule has 1 N–H and O–H groups in total. The van der Waals surface area contributed by atoms with Gasteiger partial charge in [-0.3, -0.25) is 4.79 Å². The summed E-state index contributed by atoms with van der Waals surface area (Å²) in [5.74, 6) is 1.89. The van der Waals surface area contributed by atoms with Gasteiger partial charge in [0, 0.05) is 23.9 Å². The Bertz CT molecular complexity index is 1750.